The van der Waals surface area contributed by atoms with E-state index in [1.807, 2.05) is 0 Å². The van der Waals surface area contributed by atoms with Crippen molar-refractivity contribution in [2.75, 3.05) is 26.7 Å². The molecule has 0 bridgehead atoms. The Hall–Kier alpha value is -1.85. The Kier molecular flexibility index (Phi) is 10.0. The fourth-order valence-corrected chi connectivity index (χ4v) is 3.94. The first-order chi connectivity index (χ1) is 14.5. The van der Waals surface area contributed by atoms with Crippen LogP contribution in [0.4, 0.5) is 0 Å². The first-order valence-corrected chi connectivity index (χ1v) is 11.7. The Morgan fingerprint density at radius 3 is 2.52 bits per heavy atom. The van der Waals surface area contributed by atoms with Crippen molar-refractivity contribution in [3.63, 3.8) is 0 Å². The van der Waals surface area contributed by atoms with Gasteiger partial charge in [-0.2, -0.15) is 0 Å². The third kappa shape index (κ3) is 8.30. The summed E-state index contributed by atoms with van der Waals surface area (Å²) in [6.07, 6.45) is 2.51. The minimum atomic E-state index is -3.51. The van der Waals surface area contributed by atoms with Gasteiger partial charge in [-0.3, -0.25) is 4.99 Å². The number of hydrogen-bond acceptors (Lipinski definition) is 4. The number of nitrogens with zero attached hydrogens (tertiary/aromatic N) is 1. The zero-order valence-electron chi connectivity index (χ0n) is 17.9. The molecule has 0 unspecified atom stereocenters. The van der Waals surface area contributed by atoms with Crippen molar-refractivity contribution in [2.24, 2.45) is 10.9 Å². The van der Waals surface area contributed by atoms with Crippen LogP contribution in [0.5, 0.6) is 5.75 Å². The molecule has 3 rings (SSSR count). The monoisotopic (exact) mass is 558 g/mol. The topological polar surface area (TPSA) is 91.8 Å². The van der Waals surface area contributed by atoms with Crippen molar-refractivity contribution in [1.29, 1.82) is 0 Å². The molecule has 0 saturated heterocycles. The molecule has 0 aliphatic heterocycles. The Balaban J connectivity index is 0.00000341. The van der Waals surface area contributed by atoms with Crippen LogP contribution in [0, 0.1) is 12.8 Å². The van der Waals surface area contributed by atoms with Gasteiger partial charge in [-0.05, 0) is 49.4 Å². The largest absolute Gasteiger partial charge is 0.493 e. The van der Waals surface area contributed by atoms with E-state index in [-0.39, 0.29) is 35.4 Å². The summed E-state index contributed by atoms with van der Waals surface area (Å²) in [7, 11) is -1.82. The van der Waals surface area contributed by atoms with E-state index >= 15 is 0 Å². The summed E-state index contributed by atoms with van der Waals surface area (Å²) in [5.41, 5.74) is 2.23. The first kappa shape index (κ1) is 25.4. The number of guanidine groups is 1. The molecule has 0 aromatic heterocycles. The second kappa shape index (κ2) is 12.3. The summed E-state index contributed by atoms with van der Waals surface area (Å²) in [5.74, 6) is 2.20. The number of halogens is 1. The molecule has 7 nitrogen and oxygen atoms in total. The summed E-state index contributed by atoms with van der Waals surface area (Å²) in [6, 6.07) is 14.5. The van der Waals surface area contributed by atoms with Gasteiger partial charge in [0.05, 0.1) is 11.5 Å². The number of nitrogens with one attached hydrogen (secondary N) is 3. The Bertz CT molecular complexity index is 964. The van der Waals surface area contributed by atoms with E-state index < -0.39 is 10.0 Å². The molecule has 1 aliphatic rings. The lowest BCUT2D eigenvalue weighted by Crippen LogP contribution is -2.41. The minimum Gasteiger partial charge on any atom is -0.493 e. The number of sulfonamides is 1. The van der Waals surface area contributed by atoms with E-state index in [1.54, 1.807) is 37.4 Å². The van der Waals surface area contributed by atoms with E-state index in [2.05, 4.69) is 45.5 Å². The maximum Gasteiger partial charge on any atom is 0.240 e. The van der Waals surface area contributed by atoms with Gasteiger partial charge in [-0.15, -0.1) is 24.0 Å². The Labute approximate surface area is 202 Å². The SMILES string of the molecule is CN=C(NCCNS(=O)(=O)c1ccccc1)NCc1ccc(C)cc1OCC1CC1.I. The van der Waals surface area contributed by atoms with E-state index in [0.29, 0.717) is 25.0 Å². The van der Waals surface area contributed by atoms with Crippen LogP contribution in [0.3, 0.4) is 0 Å². The lowest BCUT2D eigenvalue weighted by atomic mass is 10.1. The summed E-state index contributed by atoms with van der Waals surface area (Å²) in [4.78, 5) is 4.46. The van der Waals surface area contributed by atoms with E-state index in [9.17, 15) is 8.42 Å². The quantitative estimate of drug-likeness (QED) is 0.181. The number of aliphatic imine (C=N–C) groups is 1. The third-order valence-corrected chi connectivity index (χ3v) is 6.30. The highest BCUT2D eigenvalue weighted by atomic mass is 127. The standard InChI is InChI=1S/C22H30N4O3S.HI/c1-17-8-11-19(21(14-17)29-16-18-9-10-18)15-25-22(23-2)24-12-13-26-30(27,28)20-6-4-3-5-7-20;/h3-8,11,14,18,26H,9-10,12-13,15-16H2,1-2H3,(H2,23,24,25);1H. The Morgan fingerprint density at radius 2 is 1.84 bits per heavy atom. The van der Waals surface area contributed by atoms with Crippen molar-refractivity contribution in [3.8, 4) is 5.75 Å². The van der Waals surface area contributed by atoms with Gasteiger partial charge in [0.2, 0.25) is 10.0 Å². The van der Waals surface area contributed by atoms with Crippen LogP contribution in [-0.2, 0) is 16.6 Å². The third-order valence-electron chi connectivity index (χ3n) is 4.83. The van der Waals surface area contributed by atoms with Gasteiger partial charge in [0, 0.05) is 32.2 Å². The minimum absolute atomic E-state index is 0. The normalized spacial score (nSPS) is 13.9. The van der Waals surface area contributed by atoms with E-state index in [4.69, 9.17) is 4.74 Å². The smallest absolute Gasteiger partial charge is 0.240 e. The fourth-order valence-electron chi connectivity index (χ4n) is 2.88. The lowest BCUT2D eigenvalue weighted by Gasteiger charge is -2.15. The molecule has 9 heteroatoms. The van der Waals surface area contributed by atoms with Crippen molar-refractivity contribution < 1.29 is 13.2 Å². The maximum absolute atomic E-state index is 12.2. The summed E-state index contributed by atoms with van der Waals surface area (Å²) >= 11 is 0. The van der Waals surface area contributed by atoms with Gasteiger partial charge in [-0.1, -0.05) is 30.3 Å². The van der Waals surface area contributed by atoms with Crippen molar-refractivity contribution in [2.45, 2.75) is 31.2 Å². The van der Waals surface area contributed by atoms with Gasteiger partial charge >= 0.3 is 0 Å². The predicted molar refractivity (Wildman–Crippen MR) is 135 cm³/mol. The maximum atomic E-state index is 12.2. The molecule has 0 heterocycles. The van der Waals surface area contributed by atoms with Crippen molar-refractivity contribution in [1.82, 2.24) is 15.4 Å². The van der Waals surface area contributed by atoms with Crippen LogP contribution < -0.4 is 20.1 Å². The molecule has 0 amide bonds. The van der Waals surface area contributed by atoms with Crippen LogP contribution in [-0.4, -0.2) is 41.1 Å². The molecule has 3 N–H and O–H groups in total. The zero-order chi connectivity index (χ0) is 21.4. The predicted octanol–water partition coefficient (Wildman–Crippen LogP) is 3.05. The molecular weight excluding hydrogens is 527 g/mol. The van der Waals surface area contributed by atoms with Gasteiger partial charge in [0.1, 0.15) is 5.75 Å². The van der Waals surface area contributed by atoms with Gasteiger partial charge in [-0.25, -0.2) is 13.1 Å². The molecule has 2 aromatic rings. The van der Waals surface area contributed by atoms with Crippen LogP contribution >= 0.6 is 24.0 Å². The molecule has 1 fully saturated rings. The van der Waals surface area contributed by atoms with Gasteiger partial charge in [0.25, 0.3) is 0 Å². The molecule has 1 saturated carbocycles. The number of rotatable bonds is 10. The van der Waals surface area contributed by atoms with Gasteiger partial charge in [0.15, 0.2) is 5.96 Å². The first-order valence-electron chi connectivity index (χ1n) is 10.2. The second-order valence-electron chi connectivity index (χ2n) is 7.43. The van der Waals surface area contributed by atoms with Crippen molar-refractivity contribution in [3.05, 3.63) is 59.7 Å². The summed E-state index contributed by atoms with van der Waals surface area (Å²) in [5, 5.41) is 6.39. The Morgan fingerprint density at radius 1 is 1.10 bits per heavy atom. The van der Waals surface area contributed by atoms with Crippen molar-refractivity contribution >= 4 is 40.0 Å². The van der Waals surface area contributed by atoms with E-state index in [0.717, 1.165) is 23.5 Å². The van der Waals surface area contributed by atoms with Crippen LogP contribution in [0.15, 0.2) is 58.4 Å². The lowest BCUT2D eigenvalue weighted by molar-refractivity contribution is 0.296. The molecular formula is C22H31IN4O3S. The number of benzene rings is 2. The molecule has 1 aliphatic carbocycles. The molecule has 0 spiro atoms. The highest BCUT2D eigenvalue weighted by molar-refractivity contribution is 14.0. The number of aryl methyl sites for hydroxylation is 1. The zero-order valence-corrected chi connectivity index (χ0v) is 21.1. The molecule has 2 aromatic carbocycles. The molecule has 0 atom stereocenters. The highest BCUT2D eigenvalue weighted by Gasteiger charge is 2.22. The molecule has 0 radical (unpaired) electrons. The summed E-state index contributed by atoms with van der Waals surface area (Å²) < 4.78 is 33.1. The van der Waals surface area contributed by atoms with E-state index in [1.165, 1.54) is 12.8 Å². The number of ether oxygens (including phenoxy) is 1. The summed E-state index contributed by atoms with van der Waals surface area (Å²) in [6.45, 7) is 4.04. The van der Waals surface area contributed by atoms with Crippen LogP contribution in [0.1, 0.15) is 24.0 Å². The molecule has 170 valence electrons. The number of hydrogen-bond donors (Lipinski definition) is 3. The van der Waals surface area contributed by atoms with Crippen LogP contribution in [0.25, 0.3) is 0 Å². The molecule has 31 heavy (non-hydrogen) atoms. The highest BCUT2D eigenvalue weighted by Crippen LogP contribution is 2.30. The average molecular weight is 558 g/mol. The van der Waals surface area contributed by atoms with Crippen LogP contribution in [0.2, 0.25) is 0 Å². The fraction of sp³-hybridized carbons (Fsp3) is 0.409. The van der Waals surface area contributed by atoms with Gasteiger partial charge < -0.3 is 15.4 Å². The second-order valence-corrected chi connectivity index (χ2v) is 9.20. The average Bonchev–Trinajstić information content (AvgIpc) is 3.58.